The van der Waals surface area contributed by atoms with Crippen LogP contribution in [0.2, 0.25) is 5.28 Å². The predicted molar refractivity (Wildman–Crippen MR) is 57.2 cm³/mol. The van der Waals surface area contributed by atoms with Gasteiger partial charge < -0.3 is 15.3 Å². The van der Waals surface area contributed by atoms with Gasteiger partial charge in [-0.05, 0) is 18.0 Å². The fourth-order valence-electron chi connectivity index (χ4n) is 1.52. The predicted octanol–water partition coefficient (Wildman–Crippen LogP) is 0.138. The van der Waals surface area contributed by atoms with Crippen molar-refractivity contribution >= 4 is 23.5 Å². The van der Waals surface area contributed by atoms with Crippen LogP contribution in [0.1, 0.15) is 6.42 Å². The highest BCUT2D eigenvalue weighted by molar-refractivity contribution is 6.28. The average molecular weight is 230 g/mol. The van der Waals surface area contributed by atoms with Gasteiger partial charge in [0.2, 0.25) is 17.2 Å². The Labute approximate surface area is 92.3 Å². The third kappa shape index (κ3) is 2.27. The Morgan fingerprint density at radius 2 is 2.27 bits per heavy atom. The fraction of sp³-hybridized carbons (Fsp3) is 0.625. The molecule has 1 saturated heterocycles. The van der Waals surface area contributed by atoms with Crippen molar-refractivity contribution < 1.29 is 5.11 Å². The van der Waals surface area contributed by atoms with Gasteiger partial charge in [-0.3, -0.25) is 0 Å². The van der Waals surface area contributed by atoms with Crippen molar-refractivity contribution in [3.05, 3.63) is 5.28 Å². The number of aromatic nitrogens is 3. The zero-order valence-corrected chi connectivity index (χ0v) is 9.07. The highest BCUT2D eigenvalue weighted by atomic mass is 35.5. The summed E-state index contributed by atoms with van der Waals surface area (Å²) in [4.78, 5) is 14.0. The third-order valence-electron chi connectivity index (χ3n) is 2.27. The highest BCUT2D eigenvalue weighted by Gasteiger charge is 2.23. The molecule has 6 nitrogen and oxygen atoms in total. The second-order valence-corrected chi connectivity index (χ2v) is 3.70. The van der Waals surface area contributed by atoms with Crippen molar-refractivity contribution in [2.24, 2.45) is 0 Å². The summed E-state index contributed by atoms with van der Waals surface area (Å²) in [5, 5.41) is 12.4. The Balaban J connectivity index is 2.24. The van der Waals surface area contributed by atoms with Crippen molar-refractivity contribution in [1.29, 1.82) is 0 Å². The minimum atomic E-state index is -0.307. The quantitative estimate of drug-likeness (QED) is 0.752. The standard InChI is InChI=1S/C8H12ClN5O/c1-10-7-11-6(9)12-8(13-7)14-3-2-5(15)4-14/h5,15H,2-4H2,1H3,(H,10,11,12,13). The molecule has 2 rings (SSSR count). The number of hydrogen-bond donors (Lipinski definition) is 2. The number of β-amino-alcohol motifs (C(OH)–C–C–N with tert-alkyl or cyclic N) is 1. The van der Waals surface area contributed by atoms with E-state index in [9.17, 15) is 5.11 Å². The van der Waals surface area contributed by atoms with Gasteiger partial charge in [-0.2, -0.15) is 15.0 Å². The minimum Gasteiger partial charge on any atom is -0.391 e. The van der Waals surface area contributed by atoms with E-state index >= 15 is 0 Å². The number of rotatable bonds is 2. The van der Waals surface area contributed by atoms with Crippen molar-refractivity contribution in [3.63, 3.8) is 0 Å². The Morgan fingerprint density at radius 1 is 1.47 bits per heavy atom. The van der Waals surface area contributed by atoms with Gasteiger partial charge in [0.1, 0.15) is 0 Å². The van der Waals surface area contributed by atoms with Crippen LogP contribution in [0.3, 0.4) is 0 Å². The molecule has 0 saturated carbocycles. The van der Waals surface area contributed by atoms with Crippen LogP contribution < -0.4 is 10.2 Å². The summed E-state index contributed by atoms with van der Waals surface area (Å²) in [5.41, 5.74) is 0. The van der Waals surface area contributed by atoms with Crippen molar-refractivity contribution in [3.8, 4) is 0 Å². The molecule has 82 valence electrons. The van der Waals surface area contributed by atoms with Gasteiger partial charge in [0.25, 0.3) is 0 Å². The molecule has 7 heteroatoms. The molecule has 1 aromatic heterocycles. The first-order chi connectivity index (χ1) is 7.19. The van der Waals surface area contributed by atoms with E-state index in [2.05, 4.69) is 20.3 Å². The van der Waals surface area contributed by atoms with Crippen LogP contribution in [0.4, 0.5) is 11.9 Å². The molecule has 1 aliphatic heterocycles. The summed E-state index contributed by atoms with van der Waals surface area (Å²) < 4.78 is 0. The number of nitrogens with one attached hydrogen (secondary N) is 1. The zero-order valence-electron chi connectivity index (χ0n) is 8.31. The largest absolute Gasteiger partial charge is 0.391 e. The topological polar surface area (TPSA) is 74.2 Å². The summed E-state index contributed by atoms with van der Waals surface area (Å²) in [6.07, 6.45) is 0.427. The average Bonchev–Trinajstić information content (AvgIpc) is 2.64. The first kappa shape index (κ1) is 10.4. The van der Waals surface area contributed by atoms with E-state index in [0.717, 1.165) is 13.0 Å². The van der Waals surface area contributed by atoms with Crippen molar-refractivity contribution in [2.75, 3.05) is 30.4 Å². The maximum Gasteiger partial charge on any atom is 0.231 e. The number of halogens is 1. The van der Waals surface area contributed by atoms with Crippen LogP contribution >= 0.6 is 11.6 Å². The SMILES string of the molecule is CNc1nc(Cl)nc(N2CCC(O)C2)n1. The first-order valence-electron chi connectivity index (χ1n) is 4.71. The Bertz CT molecular complexity index is 361. The lowest BCUT2D eigenvalue weighted by atomic mass is 10.3. The molecule has 2 heterocycles. The third-order valence-corrected chi connectivity index (χ3v) is 2.44. The van der Waals surface area contributed by atoms with Crippen LogP contribution in [0.5, 0.6) is 0 Å². The second-order valence-electron chi connectivity index (χ2n) is 3.37. The number of hydrogen-bond acceptors (Lipinski definition) is 6. The van der Waals surface area contributed by atoms with Crippen LogP contribution in [0.25, 0.3) is 0 Å². The Kier molecular flexibility index (Phi) is 2.88. The van der Waals surface area contributed by atoms with Gasteiger partial charge in [-0.25, -0.2) is 0 Å². The maximum atomic E-state index is 9.40. The van der Waals surface area contributed by atoms with Crippen LogP contribution in [-0.4, -0.2) is 46.3 Å². The molecule has 0 aliphatic carbocycles. The molecule has 15 heavy (non-hydrogen) atoms. The Morgan fingerprint density at radius 3 is 2.87 bits per heavy atom. The van der Waals surface area contributed by atoms with Crippen molar-refractivity contribution in [2.45, 2.75) is 12.5 Å². The first-order valence-corrected chi connectivity index (χ1v) is 5.09. The zero-order chi connectivity index (χ0) is 10.8. The summed E-state index contributed by atoms with van der Waals surface area (Å²) in [6, 6.07) is 0. The van der Waals surface area contributed by atoms with Gasteiger partial charge in [0.15, 0.2) is 0 Å². The van der Waals surface area contributed by atoms with E-state index in [4.69, 9.17) is 11.6 Å². The number of nitrogens with zero attached hydrogens (tertiary/aromatic N) is 4. The lowest BCUT2D eigenvalue weighted by molar-refractivity contribution is 0.198. The molecule has 0 aromatic carbocycles. The second kappa shape index (κ2) is 4.16. The Hall–Kier alpha value is -1.14. The molecule has 2 N–H and O–H groups in total. The molecule has 0 radical (unpaired) electrons. The van der Waals surface area contributed by atoms with Gasteiger partial charge in [0.05, 0.1) is 6.10 Å². The van der Waals surface area contributed by atoms with E-state index in [1.54, 1.807) is 7.05 Å². The number of anilines is 2. The monoisotopic (exact) mass is 229 g/mol. The normalized spacial score (nSPS) is 20.7. The lowest BCUT2D eigenvalue weighted by Gasteiger charge is -2.15. The molecule has 0 amide bonds. The minimum absolute atomic E-state index is 0.158. The molecule has 1 fully saturated rings. The van der Waals surface area contributed by atoms with Crippen molar-refractivity contribution in [1.82, 2.24) is 15.0 Å². The number of aliphatic hydroxyl groups is 1. The maximum absolute atomic E-state index is 9.40. The molecular formula is C8H12ClN5O. The molecule has 0 spiro atoms. The molecule has 1 aliphatic rings. The summed E-state index contributed by atoms with van der Waals surface area (Å²) in [5.74, 6) is 0.947. The highest BCUT2D eigenvalue weighted by Crippen LogP contribution is 2.18. The molecule has 1 unspecified atom stereocenters. The van der Waals surface area contributed by atoms with Crippen LogP contribution in [0, 0.1) is 0 Å². The van der Waals surface area contributed by atoms with Crippen LogP contribution in [-0.2, 0) is 0 Å². The van der Waals surface area contributed by atoms with E-state index in [1.807, 2.05) is 4.90 Å². The van der Waals surface area contributed by atoms with Gasteiger partial charge >= 0.3 is 0 Å². The van der Waals surface area contributed by atoms with E-state index < -0.39 is 0 Å². The molecule has 1 atom stereocenters. The lowest BCUT2D eigenvalue weighted by Crippen LogP contribution is -2.24. The molecule has 1 aromatic rings. The summed E-state index contributed by atoms with van der Waals surface area (Å²) in [6.45, 7) is 1.29. The smallest absolute Gasteiger partial charge is 0.231 e. The summed E-state index contributed by atoms with van der Waals surface area (Å²) in [7, 11) is 1.72. The van der Waals surface area contributed by atoms with E-state index in [-0.39, 0.29) is 11.4 Å². The van der Waals surface area contributed by atoms with E-state index in [1.165, 1.54) is 0 Å². The van der Waals surface area contributed by atoms with Gasteiger partial charge in [-0.1, -0.05) is 0 Å². The molecule has 0 bridgehead atoms. The van der Waals surface area contributed by atoms with Crippen LogP contribution in [0.15, 0.2) is 0 Å². The van der Waals surface area contributed by atoms with E-state index in [0.29, 0.717) is 18.4 Å². The van der Waals surface area contributed by atoms with Gasteiger partial charge in [-0.15, -0.1) is 0 Å². The fourth-order valence-corrected chi connectivity index (χ4v) is 1.67. The summed E-state index contributed by atoms with van der Waals surface area (Å²) >= 11 is 5.75. The van der Waals surface area contributed by atoms with Gasteiger partial charge in [0, 0.05) is 20.1 Å². The number of aliphatic hydroxyl groups excluding tert-OH is 1. The molecular weight excluding hydrogens is 218 g/mol.